The Morgan fingerprint density at radius 2 is 2.36 bits per heavy atom. The van der Waals surface area contributed by atoms with Gasteiger partial charge in [0.2, 0.25) is 0 Å². The van der Waals surface area contributed by atoms with Gasteiger partial charge in [0.1, 0.15) is 0 Å². The van der Waals surface area contributed by atoms with Gasteiger partial charge in [0.05, 0.1) is 5.69 Å². The molecule has 11 heavy (non-hydrogen) atoms. The second-order valence-electron chi connectivity index (χ2n) is 2.51. The third-order valence-electron chi connectivity index (χ3n) is 1.54. The van der Waals surface area contributed by atoms with Gasteiger partial charge >= 0.3 is 0 Å². The third kappa shape index (κ3) is 1.88. The highest BCUT2D eigenvalue weighted by molar-refractivity contribution is 5.41. The first-order chi connectivity index (χ1) is 5.24. The van der Waals surface area contributed by atoms with Crippen LogP contribution in [0.5, 0.6) is 0 Å². The Balaban J connectivity index is 2.91. The number of rotatable bonds is 2. The lowest BCUT2D eigenvalue weighted by Crippen LogP contribution is -2.05. The lowest BCUT2D eigenvalue weighted by Gasteiger charge is -2.03. The van der Waals surface area contributed by atoms with Crippen molar-refractivity contribution in [3.05, 3.63) is 36.2 Å². The summed E-state index contributed by atoms with van der Waals surface area (Å²) >= 11 is 0. The van der Waals surface area contributed by atoms with Crippen LogP contribution in [0.25, 0.3) is 6.08 Å². The van der Waals surface area contributed by atoms with Gasteiger partial charge < -0.3 is 5.73 Å². The first kappa shape index (κ1) is 7.95. The van der Waals surface area contributed by atoms with E-state index >= 15 is 0 Å². The highest BCUT2D eigenvalue weighted by atomic mass is 14.7. The molecule has 0 spiro atoms. The Hall–Kier alpha value is -1.15. The number of pyridine rings is 1. The van der Waals surface area contributed by atoms with Crippen molar-refractivity contribution in [1.29, 1.82) is 0 Å². The molecule has 0 aliphatic rings. The van der Waals surface area contributed by atoms with E-state index in [-0.39, 0.29) is 6.04 Å². The molecule has 0 fully saturated rings. The third-order valence-corrected chi connectivity index (χ3v) is 1.54. The van der Waals surface area contributed by atoms with E-state index in [1.807, 2.05) is 19.1 Å². The quantitative estimate of drug-likeness (QED) is 0.693. The predicted molar refractivity (Wildman–Crippen MR) is 46.9 cm³/mol. The van der Waals surface area contributed by atoms with Crippen molar-refractivity contribution < 1.29 is 0 Å². The first-order valence-electron chi connectivity index (χ1n) is 3.58. The van der Waals surface area contributed by atoms with Crippen molar-refractivity contribution in [1.82, 2.24) is 4.98 Å². The molecule has 0 saturated heterocycles. The molecule has 0 amide bonds. The number of hydrogen-bond donors (Lipinski definition) is 1. The van der Waals surface area contributed by atoms with Gasteiger partial charge in [0.15, 0.2) is 0 Å². The minimum atomic E-state index is 0.0568. The summed E-state index contributed by atoms with van der Waals surface area (Å²) in [6.07, 6.45) is 3.49. The average molecular weight is 148 g/mol. The van der Waals surface area contributed by atoms with Crippen LogP contribution < -0.4 is 5.73 Å². The fraction of sp³-hybridized carbons (Fsp3) is 0.222. The minimum absolute atomic E-state index is 0.0568. The van der Waals surface area contributed by atoms with Gasteiger partial charge in [-0.1, -0.05) is 12.6 Å². The number of nitrogens with two attached hydrogens (primary N) is 1. The molecule has 2 heteroatoms. The summed E-state index contributed by atoms with van der Waals surface area (Å²) in [7, 11) is 0. The van der Waals surface area contributed by atoms with Gasteiger partial charge in [-0.05, 0) is 24.6 Å². The number of nitrogens with zero attached hydrogens (tertiary/aromatic N) is 1. The summed E-state index contributed by atoms with van der Waals surface area (Å²) in [6, 6.07) is 3.93. The predicted octanol–water partition coefficient (Wildman–Crippen LogP) is 1.74. The van der Waals surface area contributed by atoms with Crippen LogP contribution in [0.15, 0.2) is 24.9 Å². The molecule has 2 N–H and O–H groups in total. The van der Waals surface area contributed by atoms with E-state index in [0.717, 1.165) is 11.3 Å². The smallest absolute Gasteiger partial charge is 0.0623 e. The Kier molecular flexibility index (Phi) is 2.39. The van der Waals surface area contributed by atoms with Crippen molar-refractivity contribution in [3.63, 3.8) is 0 Å². The molecule has 1 atom stereocenters. The second-order valence-corrected chi connectivity index (χ2v) is 2.51. The summed E-state index contributed by atoms with van der Waals surface area (Å²) in [5, 5.41) is 0. The van der Waals surface area contributed by atoms with Gasteiger partial charge in [-0.3, -0.25) is 4.98 Å². The molecule has 1 aromatic heterocycles. The van der Waals surface area contributed by atoms with Gasteiger partial charge in [0.25, 0.3) is 0 Å². The molecule has 58 valence electrons. The van der Waals surface area contributed by atoms with E-state index in [4.69, 9.17) is 5.73 Å². The fourth-order valence-electron chi connectivity index (χ4n) is 0.807. The molecule has 2 nitrogen and oxygen atoms in total. The minimum Gasteiger partial charge on any atom is -0.324 e. The zero-order valence-corrected chi connectivity index (χ0v) is 6.62. The molecule has 0 bridgehead atoms. The topological polar surface area (TPSA) is 38.9 Å². The van der Waals surface area contributed by atoms with Crippen LogP contribution in [0.1, 0.15) is 24.2 Å². The van der Waals surface area contributed by atoms with Crippen LogP contribution in [0.4, 0.5) is 0 Å². The Bertz CT molecular complexity index is 236. The summed E-state index contributed by atoms with van der Waals surface area (Å²) in [4.78, 5) is 4.12. The Labute approximate surface area is 66.8 Å². The van der Waals surface area contributed by atoms with Gasteiger partial charge in [-0.2, -0.15) is 0 Å². The summed E-state index contributed by atoms with van der Waals surface area (Å²) in [5.74, 6) is 0. The summed E-state index contributed by atoms with van der Waals surface area (Å²) in [5.41, 5.74) is 7.57. The molecule has 1 heterocycles. The highest BCUT2D eigenvalue weighted by Crippen LogP contribution is 2.08. The van der Waals surface area contributed by atoms with Crippen molar-refractivity contribution in [2.24, 2.45) is 5.73 Å². The Morgan fingerprint density at radius 3 is 2.73 bits per heavy atom. The lowest BCUT2D eigenvalue weighted by atomic mass is 10.1. The van der Waals surface area contributed by atoms with Gasteiger partial charge in [0, 0.05) is 12.2 Å². The average Bonchev–Trinajstić information content (AvgIpc) is 2.05. The molecule has 0 aliphatic heterocycles. The van der Waals surface area contributed by atoms with Crippen LogP contribution in [0.3, 0.4) is 0 Å². The molecule has 0 saturated carbocycles. The maximum Gasteiger partial charge on any atom is 0.0623 e. The molecule has 1 rings (SSSR count). The first-order valence-corrected chi connectivity index (χ1v) is 3.58. The van der Waals surface area contributed by atoms with Crippen LogP contribution in [0, 0.1) is 0 Å². The van der Waals surface area contributed by atoms with Crippen molar-refractivity contribution >= 4 is 6.08 Å². The summed E-state index contributed by atoms with van der Waals surface area (Å²) < 4.78 is 0. The second kappa shape index (κ2) is 3.30. The maximum atomic E-state index is 5.64. The van der Waals surface area contributed by atoms with Crippen LogP contribution in [-0.4, -0.2) is 4.98 Å². The molecular formula is C9H12N2. The van der Waals surface area contributed by atoms with E-state index in [0.29, 0.717) is 0 Å². The van der Waals surface area contributed by atoms with E-state index in [1.54, 1.807) is 12.3 Å². The molecule has 0 unspecified atom stereocenters. The molecule has 0 aromatic carbocycles. The number of hydrogen-bond acceptors (Lipinski definition) is 2. The maximum absolute atomic E-state index is 5.64. The van der Waals surface area contributed by atoms with Crippen molar-refractivity contribution in [2.45, 2.75) is 13.0 Å². The van der Waals surface area contributed by atoms with E-state index in [2.05, 4.69) is 11.6 Å². The van der Waals surface area contributed by atoms with E-state index in [9.17, 15) is 0 Å². The van der Waals surface area contributed by atoms with Gasteiger partial charge in [-0.25, -0.2) is 0 Å². The van der Waals surface area contributed by atoms with Gasteiger partial charge in [-0.15, -0.1) is 0 Å². The number of aromatic nitrogens is 1. The normalized spacial score (nSPS) is 12.5. The standard InChI is InChI=1S/C9H12N2/c1-3-9-5-4-8(6-11-9)7(2)10/h3-7H,1,10H2,2H3/t7-/m0/s1. The van der Waals surface area contributed by atoms with Crippen LogP contribution in [0.2, 0.25) is 0 Å². The molecule has 0 aliphatic carbocycles. The zero-order valence-electron chi connectivity index (χ0n) is 6.62. The SMILES string of the molecule is C=Cc1ccc([C@H](C)N)cn1. The van der Waals surface area contributed by atoms with E-state index in [1.165, 1.54) is 0 Å². The highest BCUT2D eigenvalue weighted by Gasteiger charge is 1.97. The van der Waals surface area contributed by atoms with Crippen molar-refractivity contribution in [2.75, 3.05) is 0 Å². The summed E-state index contributed by atoms with van der Waals surface area (Å²) in [6.45, 7) is 5.55. The Morgan fingerprint density at radius 1 is 1.64 bits per heavy atom. The largest absolute Gasteiger partial charge is 0.324 e. The fourth-order valence-corrected chi connectivity index (χ4v) is 0.807. The molecule has 0 radical (unpaired) electrons. The lowest BCUT2D eigenvalue weighted by molar-refractivity contribution is 0.811. The van der Waals surface area contributed by atoms with E-state index < -0.39 is 0 Å². The zero-order chi connectivity index (χ0) is 8.27. The molecule has 1 aromatic rings. The van der Waals surface area contributed by atoms with Crippen LogP contribution in [-0.2, 0) is 0 Å². The molecular weight excluding hydrogens is 136 g/mol. The van der Waals surface area contributed by atoms with Crippen molar-refractivity contribution in [3.8, 4) is 0 Å². The monoisotopic (exact) mass is 148 g/mol. The van der Waals surface area contributed by atoms with Crippen LogP contribution >= 0.6 is 0 Å².